The highest BCUT2D eigenvalue weighted by Crippen LogP contribution is 2.43. The Kier molecular flexibility index (Phi) is 36.6. The van der Waals surface area contributed by atoms with Crippen LogP contribution in [0.2, 0.25) is 0 Å². The minimum Gasteiger partial charge on any atom is -0.462 e. The Bertz CT molecular complexity index is 833. The maximum absolute atomic E-state index is 12.6. The summed E-state index contributed by atoms with van der Waals surface area (Å²) in [6, 6.07) is 0. The van der Waals surface area contributed by atoms with E-state index in [1.807, 2.05) is 6.92 Å². The lowest BCUT2D eigenvalue weighted by Gasteiger charge is -2.20. The lowest BCUT2D eigenvalue weighted by atomic mass is 10.0. The smallest absolute Gasteiger partial charge is 0.462 e. The van der Waals surface area contributed by atoms with E-state index in [9.17, 15) is 19.0 Å². The molecule has 8 nitrogen and oxygen atoms in total. The highest BCUT2D eigenvalue weighted by atomic mass is 31.2. The van der Waals surface area contributed by atoms with Gasteiger partial charge in [-0.15, -0.1) is 0 Å². The first-order valence-electron chi connectivity index (χ1n) is 21.0. The van der Waals surface area contributed by atoms with Gasteiger partial charge in [-0.1, -0.05) is 168 Å². The van der Waals surface area contributed by atoms with Crippen LogP contribution in [0.5, 0.6) is 0 Å². The minimum absolute atomic E-state index is 0.0956. The summed E-state index contributed by atoms with van der Waals surface area (Å²) in [6.45, 7) is 5.94. The van der Waals surface area contributed by atoms with Crippen molar-refractivity contribution in [3.05, 3.63) is 12.2 Å². The molecular formula is C41H79O8P. The van der Waals surface area contributed by atoms with E-state index >= 15 is 0 Å². The molecule has 0 aromatic rings. The molecule has 1 N–H and O–H groups in total. The quantitative estimate of drug-likeness (QED) is 0.0288. The van der Waals surface area contributed by atoms with Crippen molar-refractivity contribution in [2.75, 3.05) is 19.8 Å². The molecule has 0 heterocycles. The number of ether oxygens (including phenoxy) is 2. The van der Waals surface area contributed by atoms with E-state index in [1.54, 1.807) is 0 Å². The zero-order valence-electron chi connectivity index (χ0n) is 32.8. The van der Waals surface area contributed by atoms with Crippen LogP contribution in [0.4, 0.5) is 0 Å². The molecule has 0 spiro atoms. The molecule has 0 aromatic heterocycles. The largest absolute Gasteiger partial charge is 0.472 e. The molecule has 0 fully saturated rings. The van der Waals surface area contributed by atoms with Crippen LogP contribution >= 0.6 is 7.82 Å². The Balaban J connectivity index is 4.25. The zero-order valence-corrected chi connectivity index (χ0v) is 33.7. The topological polar surface area (TPSA) is 108 Å². The van der Waals surface area contributed by atoms with E-state index in [4.69, 9.17) is 18.5 Å². The van der Waals surface area contributed by atoms with Gasteiger partial charge in [0.15, 0.2) is 6.10 Å². The molecule has 0 aliphatic carbocycles. The van der Waals surface area contributed by atoms with Gasteiger partial charge in [0.25, 0.3) is 0 Å². The summed E-state index contributed by atoms with van der Waals surface area (Å²) in [5.74, 6) is -0.791. The van der Waals surface area contributed by atoms with Crippen molar-refractivity contribution in [2.24, 2.45) is 0 Å². The molecule has 1 unspecified atom stereocenters. The van der Waals surface area contributed by atoms with Gasteiger partial charge in [-0.25, -0.2) is 4.57 Å². The van der Waals surface area contributed by atoms with Crippen LogP contribution in [-0.4, -0.2) is 42.8 Å². The molecule has 9 heteroatoms. The third-order valence-corrected chi connectivity index (χ3v) is 10.0. The maximum atomic E-state index is 12.6. The average molecular weight is 731 g/mol. The first kappa shape index (κ1) is 48.8. The van der Waals surface area contributed by atoms with Crippen molar-refractivity contribution < 1.29 is 37.6 Å². The number of unbranched alkanes of at least 4 members (excludes halogenated alkanes) is 24. The molecule has 0 aliphatic rings. The summed E-state index contributed by atoms with van der Waals surface area (Å²) in [6.07, 6.45) is 36.9. The van der Waals surface area contributed by atoms with E-state index in [0.29, 0.717) is 19.3 Å². The minimum atomic E-state index is -4.30. The second-order valence-electron chi connectivity index (χ2n) is 14.1. The van der Waals surface area contributed by atoms with Crippen molar-refractivity contribution in [1.82, 2.24) is 0 Å². The molecule has 296 valence electrons. The summed E-state index contributed by atoms with van der Waals surface area (Å²) >= 11 is 0. The van der Waals surface area contributed by atoms with Crippen LogP contribution in [0, 0.1) is 0 Å². The van der Waals surface area contributed by atoms with Gasteiger partial charge in [-0.3, -0.25) is 18.6 Å². The second-order valence-corrected chi connectivity index (χ2v) is 15.5. The number of phosphoric ester groups is 1. The van der Waals surface area contributed by atoms with Crippen molar-refractivity contribution in [1.29, 1.82) is 0 Å². The Labute approximate surface area is 308 Å². The number of allylic oxidation sites excluding steroid dienone is 2. The summed E-state index contributed by atoms with van der Waals surface area (Å²) in [5, 5.41) is 0. The highest BCUT2D eigenvalue weighted by Gasteiger charge is 2.26. The molecular weight excluding hydrogens is 651 g/mol. The third kappa shape index (κ3) is 36.6. The number of carbonyl (C=O) groups excluding carboxylic acids is 2. The van der Waals surface area contributed by atoms with Crippen LogP contribution in [0.1, 0.15) is 213 Å². The van der Waals surface area contributed by atoms with Crippen LogP contribution in [-0.2, 0) is 32.7 Å². The van der Waals surface area contributed by atoms with Gasteiger partial charge < -0.3 is 14.4 Å². The van der Waals surface area contributed by atoms with Gasteiger partial charge in [-0.2, -0.15) is 0 Å². The van der Waals surface area contributed by atoms with Crippen molar-refractivity contribution >= 4 is 19.8 Å². The normalized spacial score (nSPS) is 13.4. The van der Waals surface area contributed by atoms with E-state index in [0.717, 1.165) is 57.8 Å². The lowest BCUT2D eigenvalue weighted by molar-refractivity contribution is -0.161. The molecule has 0 saturated carbocycles. The SMILES string of the molecule is CCCCCCCCC=CCCCCCCCC(=O)O[C@H](COC(=O)CCCCCCCCCCCCCCC)COP(=O)(O)OCCCC. The van der Waals surface area contributed by atoms with Crippen molar-refractivity contribution in [3.63, 3.8) is 0 Å². The van der Waals surface area contributed by atoms with Gasteiger partial charge >= 0.3 is 19.8 Å². The lowest BCUT2D eigenvalue weighted by Crippen LogP contribution is -2.29. The molecule has 0 aromatic carbocycles. The summed E-state index contributed by atoms with van der Waals surface area (Å²) in [4.78, 5) is 35.0. The van der Waals surface area contributed by atoms with Crippen LogP contribution in [0.15, 0.2) is 12.2 Å². The van der Waals surface area contributed by atoms with Crippen molar-refractivity contribution in [2.45, 2.75) is 219 Å². The number of rotatable bonds is 39. The average Bonchev–Trinajstić information content (AvgIpc) is 3.09. The number of hydrogen-bond donors (Lipinski definition) is 1. The van der Waals surface area contributed by atoms with E-state index < -0.39 is 19.9 Å². The highest BCUT2D eigenvalue weighted by molar-refractivity contribution is 7.47. The van der Waals surface area contributed by atoms with Crippen LogP contribution in [0.3, 0.4) is 0 Å². The predicted octanol–water partition coefficient (Wildman–Crippen LogP) is 12.9. The number of hydrogen-bond acceptors (Lipinski definition) is 7. The van der Waals surface area contributed by atoms with E-state index in [2.05, 4.69) is 26.0 Å². The summed E-state index contributed by atoms with van der Waals surface area (Å²) in [5.41, 5.74) is 0. The first-order valence-corrected chi connectivity index (χ1v) is 22.5. The van der Waals surface area contributed by atoms with E-state index in [-0.39, 0.29) is 32.2 Å². The third-order valence-electron chi connectivity index (χ3n) is 9.03. The number of esters is 2. The van der Waals surface area contributed by atoms with Crippen molar-refractivity contribution in [3.8, 4) is 0 Å². The predicted molar refractivity (Wildman–Crippen MR) is 207 cm³/mol. The summed E-state index contributed by atoms with van der Waals surface area (Å²) < 4.78 is 33.3. The molecule has 50 heavy (non-hydrogen) atoms. The molecule has 0 rings (SSSR count). The molecule has 0 saturated heterocycles. The van der Waals surface area contributed by atoms with Gasteiger partial charge in [0.1, 0.15) is 6.61 Å². The van der Waals surface area contributed by atoms with Gasteiger partial charge in [0.05, 0.1) is 13.2 Å². The molecule has 2 atom stereocenters. The van der Waals surface area contributed by atoms with Gasteiger partial charge in [0.2, 0.25) is 0 Å². The molecule has 0 amide bonds. The monoisotopic (exact) mass is 731 g/mol. The first-order chi connectivity index (χ1) is 24.3. The molecule has 0 bridgehead atoms. The second kappa shape index (κ2) is 37.5. The van der Waals surface area contributed by atoms with Crippen LogP contribution < -0.4 is 0 Å². The zero-order chi connectivity index (χ0) is 36.8. The van der Waals surface area contributed by atoms with Gasteiger partial charge in [-0.05, 0) is 44.9 Å². The van der Waals surface area contributed by atoms with Gasteiger partial charge in [0, 0.05) is 12.8 Å². The summed E-state index contributed by atoms with van der Waals surface area (Å²) in [7, 11) is -4.30. The fourth-order valence-electron chi connectivity index (χ4n) is 5.79. The maximum Gasteiger partial charge on any atom is 0.472 e. The fraction of sp³-hybridized carbons (Fsp3) is 0.902. The molecule has 0 radical (unpaired) electrons. The fourth-order valence-corrected chi connectivity index (χ4v) is 6.57. The van der Waals surface area contributed by atoms with Crippen LogP contribution in [0.25, 0.3) is 0 Å². The standard InChI is InChI=1S/C41H79O8P/c1-4-7-10-12-14-16-18-20-21-23-25-27-29-31-33-35-41(43)49-39(38-48-50(44,45)47-36-9-6-3)37-46-40(42)34-32-30-28-26-24-22-19-17-15-13-11-8-5-2/h20-21,39H,4-19,22-38H2,1-3H3,(H,44,45)/t39-/m1/s1. The Morgan fingerprint density at radius 2 is 0.920 bits per heavy atom. The Morgan fingerprint density at radius 1 is 0.520 bits per heavy atom. The number of carbonyl (C=O) groups is 2. The van der Waals surface area contributed by atoms with E-state index in [1.165, 1.54) is 109 Å². The number of phosphoric acid groups is 1. The molecule has 0 aliphatic heterocycles. The Morgan fingerprint density at radius 3 is 1.38 bits per heavy atom. The Hall–Kier alpha value is -1.21.